The third-order valence-corrected chi connectivity index (χ3v) is 5.32. The van der Waals surface area contributed by atoms with Crippen LogP contribution in [0.4, 0.5) is 18.9 Å². The van der Waals surface area contributed by atoms with Gasteiger partial charge in [0.2, 0.25) is 5.91 Å². The zero-order chi connectivity index (χ0) is 22.0. The van der Waals surface area contributed by atoms with Gasteiger partial charge in [-0.15, -0.1) is 16.4 Å². The molecule has 0 saturated heterocycles. The minimum atomic E-state index is -4.38. The van der Waals surface area contributed by atoms with E-state index in [0.29, 0.717) is 27.8 Å². The Hall–Kier alpha value is -3.60. The average Bonchev–Trinajstić information content (AvgIpc) is 3.36. The lowest BCUT2D eigenvalue weighted by atomic mass is 10.1. The normalized spacial score (nSPS) is 11.5. The van der Waals surface area contributed by atoms with E-state index in [4.69, 9.17) is 0 Å². The largest absolute Gasteiger partial charge is 0.416 e. The summed E-state index contributed by atoms with van der Waals surface area (Å²) in [6.07, 6.45) is -4.35. The molecule has 0 aliphatic rings. The Kier molecular flexibility index (Phi) is 5.51. The number of carbonyl (C=O) groups excluding carboxylic acids is 1. The fourth-order valence-corrected chi connectivity index (χ4v) is 3.73. The predicted molar refractivity (Wildman–Crippen MR) is 109 cm³/mol. The molecule has 0 bridgehead atoms. The Balaban J connectivity index is 1.42. The summed E-state index contributed by atoms with van der Waals surface area (Å²) in [5.41, 5.74) is 1.72. The minimum Gasteiger partial charge on any atom is -0.326 e. The lowest BCUT2D eigenvalue weighted by molar-refractivity contribution is -0.137. The van der Waals surface area contributed by atoms with E-state index in [2.05, 4.69) is 25.8 Å². The van der Waals surface area contributed by atoms with Crippen LogP contribution in [0.2, 0.25) is 0 Å². The van der Waals surface area contributed by atoms with E-state index in [0.717, 1.165) is 17.7 Å². The molecule has 0 fully saturated rings. The van der Waals surface area contributed by atoms with Crippen molar-refractivity contribution >= 4 is 22.9 Å². The fraction of sp³-hybridized carbons (Fsp3) is 0.150. The Morgan fingerprint density at radius 2 is 1.90 bits per heavy atom. The summed E-state index contributed by atoms with van der Waals surface area (Å²) in [6, 6.07) is 11.9. The number of halogens is 3. The molecule has 2 heterocycles. The summed E-state index contributed by atoms with van der Waals surface area (Å²) in [7, 11) is 1.72. The molecular formula is C20H15F3N6OS. The number of rotatable bonds is 5. The van der Waals surface area contributed by atoms with Gasteiger partial charge in [-0.3, -0.25) is 4.79 Å². The predicted octanol–water partition coefficient (Wildman–Crippen LogP) is 4.20. The third kappa shape index (κ3) is 4.77. The molecule has 4 rings (SSSR count). The number of benzene rings is 2. The summed E-state index contributed by atoms with van der Waals surface area (Å²) in [6.45, 7) is 0. The first-order valence-electron chi connectivity index (χ1n) is 9.04. The number of aromatic nitrogens is 5. The molecule has 0 unspecified atom stereocenters. The maximum absolute atomic E-state index is 12.7. The van der Waals surface area contributed by atoms with Crippen LogP contribution in [0.1, 0.15) is 11.3 Å². The van der Waals surface area contributed by atoms with Gasteiger partial charge >= 0.3 is 6.18 Å². The van der Waals surface area contributed by atoms with Gasteiger partial charge in [0.05, 0.1) is 17.7 Å². The highest BCUT2D eigenvalue weighted by Crippen LogP contribution is 2.32. The van der Waals surface area contributed by atoms with Gasteiger partial charge in [-0.2, -0.15) is 13.2 Å². The maximum Gasteiger partial charge on any atom is 0.416 e. The molecular weight excluding hydrogens is 429 g/mol. The van der Waals surface area contributed by atoms with Crippen molar-refractivity contribution in [2.75, 3.05) is 5.32 Å². The van der Waals surface area contributed by atoms with Crippen LogP contribution in [0.15, 0.2) is 53.9 Å². The number of thiazole rings is 1. The van der Waals surface area contributed by atoms with Crippen molar-refractivity contribution in [3.63, 3.8) is 0 Å². The number of nitrogens with zero attached hydrogens (tertiary/aromatic N) is 5. The van der Waals surface area contributed by atoms with E-state index in [-0.39, 0.29) is 12.3 Å². The Morgan fingerprint density at radius 1 is 1.13 bits per heavy atom. The van der Waals surface area contributed by atoms with Crippen LogP contribution in [0.5, 0.6) is 0 Å². The Morgan fingerprint density at radius 3 is 2.58 bits per heavy atom. The van der Waals surface area contributed by atoms with E-state index >= 15 is 0 Å². The van der Waals surface area contributed by atoms with Crippen LogP contribution in [0.3, 0.4) is 0 Å². The molecule has 0 aliphatic carbocycles. The first-order chi connectivity index (χ1) is 14.8. The van der Waals surface area contributed by atoms with Crippen LogP contribution in [-0.4, -0.2) is 31.1 Å². The van der Waals surface area contributed by atoms with E-state index in [9.17, 15) is 18.0 Å². The van der Waals surface area contributed by atoms with Crippen LogP contribution in [0, 0.1) is 0 Å². The van der Waals surface area contributed by atoms with Gasteiger partial charge in [-0.05, 0) is 34.7 Å². The molecule has 0 aliphatic heterocycles. The molecule has 0 radical (unpaired) electrons. The molecule has 158 valence electrons. The van der Waals surface area contributed by atoms with Gasteiger partial charge in [-0.1, -0.05) is 24.3 Å². The number of hydrogen-bond donors (Lipinski definition) is 1. The van der Waals surface area contributed by atoms with Crippen molar-refractivity contribution in [1.29, 1.82) is 0 Å². The molecule has 11 heteroatoms. The second-order valence-corrected chi connectivity index (χ2v) is 7.51. The molecule has 2 aromatic heterocycles. The fourth-order valence-electron chi connectivity index (χ4n) is 2.90. The van der Waals surface area contributed by atoms with Crippen molar-refractivity contribution in [3.05, 3.63) is 65.2 Å². The van der Waals surface area contributed by atoms with Gasteiger partial charge in [0.15, 0.2) is 5.82 Å². The molecule has 7 nitrogen and oxygen atoms in total. The third-order valence-electron chi connectivity index (χ3n) is 4.38. The van der Waals surface area contributed by atoms with Gasteiger partial charge in [0.25, 0.3) is 0 Å². The Bertz CT molecular complexity index is 1220. The second-order valence-electron chi connectivity index (χ2n) is 6.65. The van der Waals surface area contributed by atoms with Gasteiger partial charge < -0.3 is 5.32 Å². The van der Waals surface area contributed by atoms with Crippen LogP contribution in [0.25, 0.3) is 22.0 Å². The van der Waals surface area contributed by atoms with E-state index < -0.39 is 11.7 Å². The lowest BCUT2D eigenvalue weighted by Gasteiger charge is -2.06. The number of aryl methyl sites for hydroxylation is 1. The number of anilines is 1. The summed E-state index contributed by atoms with van der Waals surface area (Å²) < 4.78 is 39.6. The number of amides is 1. The minimum absolute atomic E-state index is 0.0346. The zero-order valence-electron chi connectivity index (χ0n) is 16.1. The van der Waals surface area contributed by atoms with E-state index in [1.165, 1.54) is 28.2 Å². The highest BCUT2D eigenvalue weighted by molar-refractivity contribution is 7.13. The van der Waals surface area contributed by atoms with Crippen molar-refractivity contribution in [3.8, 4) is 22.0 Å². The molecule has 1 N–H and O–H groups in total. The van der Waals surface area contributed by atoms with Crippen molar-refractivity contribution in [2.45, 2.75) is 12.6 Å². The van der Waals surface area contributed by atoms with Crippen LogP contribution in [-0.2, 0) is 24.4 Å². The summed E-state index contributed by atoms with van der Waals surface area (Å²) in [4.78, 5) is 16.8. The number of carbonyl (C=O) groups is 1. The quantitative estimate of drug-likeness (QED) is 0.499. The highest BCUT2D eigenvalue weighted by atomic mass is 32.1. The number of alkyl halides is 3. The van der Waals surface area contributed by atoms with Crippen molar-refractivity contribution in [2.24, 2.45) is 7.05 Å². The van der Waals surface area contributed by atoms with Crippen LogP contribution >= 0.6 is 11.3 Å². The summed E-state index contributed by atoms with van der Waals surface area (Å²) >= 11 is 1.27. The molecule has 0 atom stereocenters. The molecule has 4 aromatic rings. The second kappa shape index (κ2) is 8.26. The summed E-state index contributed by atoms with van der Waals surface area (Å²) in [5.74, 6) is 0.300. The van der Waals surface area contributed by atoms with Gasteiger partial charge in [-0.25, -0.2) is 9.67 Å². The molecule has 1 amide bonds. The monoisotopic (exact) mass is 444 g/mol. The van der Waals surface area contributed by atoms with E-state index in [1.54, 1.807) is 30.6 Å². The highest BCUT2D eigenvalue weighted by Gasteiger charge is 2.30. The lowest BCUT2D eigenvalue weighted by Crippen LogP contribution is -2.14. The zero-order valence-corrected chi connectivity index (χ0v) is 16.9. The molecule has 0 spiro atoms. The van der Waals surface area contributed by atoms with Gasteiger partial charge in [0, 0.05) is 29.2 Å². The molecule has 0 saturated carbocycles. The van der Waals surface area contributed by atoms with Crippen LogP contribution < -0.4 is 5.32 Å². The first-order valence-corrected chi connectivity index (χ1v) is 9.92. The van der Waals surface area contributed by atoms with Crippen molar-refractivity contribution < 1.29 is 18.0 Å². The smallest absolute Gasteiger partial charge is 0.326 e. The van der Waals surface area contributed by atoms with E-state index in [1.807, 2.05) is 6.07 Å². The van der Waals surface area contributed by atoms with Crippen molar-refractivity contribution in [1.82, 2.24) is 25.2 Å². The average molecular weight is 444 g/mol. The summed E-state index contributed by atoms with van der Waals surface area (Å²) in [5, 5.41) is 16.4. The SMILES string of the molecule is Cn1nnnc1-c1cccc(NC(=O)Cc2csc(-c3ccc(C(F)(F)F)cc3)n2)c1. The molecule has 2 aromatic carbocycles. The number of hydrogen-bond acceptors (Lipinski definition) is 6. The Labute approximate surface area is 178 Å². The standard InChI is InChI=1S/C20H15F3N6OS/c1-29-18(26-27-28-29)13-3-2-4-15(9-13)24-17(30)10-16-11-31-19(25-16)12-5-7-14(8-6-12)20(21,22)23/h2-9,11H,10H2,1H3,(H,24,30). The number of tetrazole rings is 1. The first kappa shape index (κ1) is 20.7. The molecule has 31 heavy (non-hydrogen) atoms. The van der Waals surface area contributed by atoms with Gasteiger partial charge in [0.1, 0.15) is 5.01 Å². The number of nitrogens with one attached hydrogen (secondary N) is 1. The topological polar surface area (TPSA) is 85.6 Å². The maximum atomic E-state index is 12.7.